The van der Waals surface area contributed by atoms with Crippen LogP contribution in [0.2, 0.25) is 0 Å². The Morgan fingerprint density at radius 3 is 2.57 bits per heavy atom. The van der Waals surface area contributed by atoms with Gasteiger partial charge in [0.15, 0.2) is 5.96 Å². The standard InChI is InChI=1S/C20H35N5O2.HI/c1-4-21-20(23-15-17(2)25-10-13-27-14-11-25)24-16-18-5-7-19(8-6-18)22-9-12-26-3;/h5-8,17,22H,4,9-16H2,1-3H3,(H2,21,23,24);1H. The van der Waals surface area contributed by atoms with Crippen molar-refractivity contribution >= 4 is 35.6 Å². The number of hydrogen-bond acceptors (Lipinski definition) is 5. The molecule has 1 aromatic rings. The van der Waals surface area contributed by atoms with Crippen molar-refractivity contribution in [3.05, 3.63) is 29.8 Å². The van der Waals surface area contributed by atoms with Gasteiger partial charge in [-0.05, 0) is 31.5 Å². The third-order valence-corrected chi connectivity index (χ3v) is 4.59. The quantitative estimate of drug-likeness (QED) is 0.196. The lowest BCUT2D eigenvalue weighted by Crippen LogP contribution is -2.49. The van der Waals surface area contributed by atoms with Gasteiger partial charge in [-0.15, -0.1) is 24.0 Å². The fourth-order valence-corrected chi connectivity index (χ4v) is 2.93. The number of rotatable bonds is 10. The maximum Gasteiger partial charge on any atom is 0.191 e. The first-order chi connectivity index (χ1) is 13.2. The summed E-state index contributed by atoms with van der Waals surface area (Å²) in [4.78, 5) is 7.17. The highest BCUT2D eigenvalue weighted by molar-refractivity contribution is 14.0. The van der Waals surface area contributed by atoms with Crippen LogP contribution in [0.3, 0.4) is 0 Å². The van der Waals surface area contributed by atoms with E-state index >= 15 is 0 Å². The lowest BCUT2D eigenvalue weighted by molar-refractivity contribution is 0.0211. The first-order valence-electron chi connectivity index (χ1n) is 9.88. The number of aliphatic imine (C=N–C) groups is 1. The molecule has 0 saturated carbocycles. The van der Waals surface area contributed by atoms with Crippen LogP contribution >= 0.6 is 24.0 Å². The zero-order chi connectivity index (χ0) is 19.3. The number of hydrogen-bond donors (Lipinski definition) is 3. The van der Waals surface area contributed by atoms with E-state index in [1.807, 2.05) is 0 Å². The average Bonchev–Trinajstić information content (AvgIpc) is 2.71. The van der Waals surface area contributed by atoms with Gasteiger partial charge in [-0.3, -0.25) is 4.90 Å². The van der Waals surface area contributed by atoms with Crippen molar-refractivity contribution in [1.29, 1.82) is 0 Å². The van der Waals surface area contributed by atoms with Crippen LogP contribution in [-0.4, -0.2) is 76.6 Å². The van der Waals surface area contributed by atoms with E-state index in [1.165, 1.54) is 5.56 Å². The molecule has 0 aliphatic carbocycles. The van der Waals surface area contributed by atoms with Gasteiger partial charge in [0, 0.05) is 51.6 Å². The Morgan fingerprint density at radius 1 is 1.21 bits per heavy atom. The molecule has 0 aromatic heterocycles. The number of nitrogens with zero attached hydrogens (tertiary/aromatic N) is 2. The van der Waals surface area contributed by atoms with E-state index in [1.54, 1.807) is 7.11 Å². The smallest absolute Gasteiger partial charge is 0.191 e. The summed E-state index contributed by atoms with van der Waals surface area (Å²) in [5, 5.41) is 10.1. The molecule has 1 atom stereocenters. The van der Waals surface area contributed by atoms with Crippen molar-refractivity contribution in [2.75, 3.05) is 65.0 Å². The second-order valence-electron chi connectivity index (χ2n) is 6.69. The third kappa shape index (κ3) is 9.40. The second kappa shape index (κ2) is 14.8. The van der Waals surface area contributed by atoms with Crippen LogP contribution in [0.25, 0.3) is 0 Å². The van der Waals surface area contributed by atoms with E-state index in [0.717, 1.165) is 57.6 Å². The van der Waals surface area contributed by atoms with E-state index in [4.69, 9.17) is 14.5 Å². The number of methoxy groups -OCH3 is 1. The number of ether oxygens (including phenoxy) is 2. The average molecular weight is 505 g/mol. The van der Waals surface area contributed by atoms with Crippen molar-refractivity contribution in [1.82, 2.24) is 15.5 Å². The summed E-state index contributed by atoms with van der Waals surface area (Å²) in [6, 6.07) is 8.84. The minimum atomic E-state index is 0. The molecule has 2 rings (SSSR count). The molecule has 160 valence electrons. The first kappa shape index (κ1) is 24.9. The Hall–Kier alpha value is -1.10. The Balaban J connectivity index is 0.00000392. The maximum absolute atomic E-state index is 5.43. The van der Waals surface area contributed by atoms with Crippen LogP contribution < -0.4 is 16.0 Å². The number of halogens is 1. The lowest BCUT2D eigenvalue weighted by atomic mass is 10.2. The Bertz CT molecular complexity index is 550. The summed E-state index contributed by atoms with van der Waals surface area (Å²) in [7, 11) is 1.71. The van der Waals surface area contributed by atoms with Crippen molar-refractivity contribution < 1.29 is 9.47 Å². The van der Waals surface area contributed by atoms with Gasteiger partial charge in [-0.1, -0.05) is 12.1 Å². The molecular formula is C20H36IN5O2. The van der Waals surface area contributed by atoms with Crippen molar-refractivity contribution in [2.45, 2.75) is 26.4 Å². The summed E-state index contributed by atoms with van der Waals surface area (Å²) in [5.41, 5.74) is 2.29. The highest BCUT2D eigenvalue weighted by Crippen LogP contribution is 2.10. The van der Waals surface area contributed by atoms with Crippen LogP contribution in [0.4, 0.5) is 5.69 Å². The molecule has 0 radical (unpaired) electrons. The van der Waals surface area contributed by atoms with E-state index in [9.17, 15) is 0 Å². The molecule has 1 heterocycles. The Labute approximate surface area is 186 Å². The van der Waals surface area contributed by atoms with Crippen molar-refractivity contribution in [3.8, 4) is 0 Å². The number of morpholine rings is 1. The normalized spacial score (nSPS) is 16.2. The molecule has 7 nitrogen and oxygen atoms in total. The van der Waals surface area contributed by atoms with Crippen LogP contribution in [0, 0.1) is 0 Å². The van der Waals surface area contributed by atoms with Crippen molar-refractivity contribution in [2.24, 2.45) is 4.99 Å². The summed E-state index contributed by atoms with van der Waals surface area (Å²) in [5.74, 6) is 0.861. The second-order valence-corrected chi connectivity index (χ2v) is 6.69. The molecule has 1 aliphatic rings. The fraction of sp³-hybridized carbons (Fsp3) is 0.650. The fourth-order valence-electron chi connectivity index (χ4n) is 2.93. The lowest BCUT2D eigenvalue weighted by Gasteiger charge is -2.32. The van der Waals surface area contributed by atoms with Gasteiger partial charge in [-0.25, -0.2) is 4.99 Å². The summed E-state index contributed by atoms with van der Waals surface area (Å²) in [6.07, 6.45) is 0. The number of guanidine groups is 1. The van der Waals surface area contributed by atoms with Crippen molar-refractivity contribution in [3.63, 3.8) is 0 Å². The van der Waals surface area contributed by atoms with Gasteiger partial charge < -0.3 is 25.4 Å². The molecule has 1 aromatic carbocycles. The van der Waals surface area contributed by atoms with E-state index < -0.39 is 0 Å². The number of benzene rings is 1. The number of nitrogens with one attached hydrogen (secondary N) is 3. The predicted octanol–water partition coefficient (Wildman–Crippen LogP) is 2.14. The van der Waals surface area contributed by atoms with Gasteiger partial charge in [0.25, 0.3) is 0 Å². The SMILES string of the molecule is CCNC(=NCc1ccc(NCCOC)cc1)NCC(C)N1CCOCC1.I. The van der Waals surface area contributed by atoms with Crippen LogP contribution in [-0.2, 0) is 16.0 Å². The van der Waals surface area contributed by atoms with Crippen LogP contribution in [0.15, 0.2) is 29.3 Å². The monoisotopic (exact) mass is 505 g/mol. The number of anilines is 1. The molecular weight excluding hydrogens is 469 g/mol. The van der Waals surface area contributed by atoms with E-state index in [0.29, 0.717) is 19.2 Å². The molecule has 3 N–H and O–H groups in total. The van der Waals surface area contributed by atoms with Crippen LogP contribution in [0.5, 0.6) is 0 Å². The molecule has 28 heavy (non-hydrogen) atoms. The van der Waals surface area contributed by atoms with Gasteiger partial charge >= 0.3 is 0 Å². The Morgan fingerprint density at radius 2 is 1.93 bits per heavy atom. The molecule has 8 heteroatoms. The highest BCUT2D eigenvalue weighted by Gasteiger charge is 2.16. The predicted molar refractivity (Wildman–Crippen MR) is 127 cm³/mol. The first-order valence-corrected chi connectivity index (χ1v) is 9.88. The van der Waals surface area contributed by atoms with E-state index in [2.05, 4.69) is 59.0 Å². The summed E-state index contributed by atoms with van der Waals surface area (Å²) >= 11 is 0. The van der Waals surface area contributed by atoms with Gasteiger partial charge in [0.05, 0.1) is 26.4 Å². The topological polar surface area (TPSA) is 70.2 Å². The van der Waals surface area contributed by atoms with Crippen LogP contribution in [0.1, 0.15) is 19.4 Å². The third-order valence-electron chi connectivity index (χ3n) is 4.59. The zero-order valence-electron chi connectivity index (χ0n) is 17.4. The van der Waals surface area contributed by atoms with Gasteiger partial charge in [0.1, 0.15) is 0 Å². The van der Waals surface area contributed by atoms with Gasteiger partial charge in [-0.2, -0.15) is 0 Å². The Kier molecular flexibility index (Phi) is 13.2. The molecule has 1 saturated heterocycles. The molecule has 0 bridgehead atoms. The zero-order valence-corrected chi connectivity index (χ0v) is 19.7. The largest absolute Gasteiger partial charge is 0.383 e. The maximum atomic E-state index is 5.43. The molecule has 1 fully saturated rings. The molecule has 1 aliphatic heterocycles. The molecule has 0 amide bonds. The summed E-state index contributed by atoms with van der Waals surface area (Å²) < 4.78 is 10.5. The minimum Gasteiger partial charge on any atom is -0.383 e. The van der Waals surface area contributed by atoms with Gasteiger partial charge in [0.2, 0.25) is 0 Å². The summed E-state index contributed by atoms with van der Waals surface area (Å²) in [6.45, 7) is 11.9. The molecule has 0 spiro atoms. The van der Waals surface area contributed by atoms with E-state index in [-0.39, 0.29) is 24.0 Å². The highest BCUT2D eigenvalue weighted by atomic mass is 127. The minimum absolute atomic E-state index is 0. The molecule has 1 unspecified atom stereocenters.